The second-order valence-electron chi connectivity index (χ2n) is 6.01. The molecule has 6 nitrogen and oxygen atoms in total. The van der Waals surface area contributed by atoms with E-state index in [1.54, 1.807) is 0 Å². The van der Waals surface area contributed by atoms with Crippen LogP contribution in [-0.2, 0) is 16.1 Å². The van der Waals surface area contributed by atoms with Crippen molar-refractivity contribution in [3.8, 4) is 0 Å². The molecule has 0 atom stereocenters. The third-order valence-corrected chi connectivity index (χ3v) is 4.11. The lowest BCUT2D eigenvalue weighted by Crippen LogP contribution is -2.43. The third kappa shape index (κ3) is 5.98. The number of nitrogens with zero attached hydrogens (tertiary/aromatic N) is 2. The zero-order valence-electron chi connectivity index (χ0n) is 13.8. The van der Waals surface area contributed by atoms with Gasteiger partial charge in [-0.05, 0) is 50.4 Å². The monoisotopic (exact) mass is 318 g/mol. The second-order valence-corrected chi connectivity index (χ2v) is 6.01. The van der Waals surface area contributed by atoms with E-state index in [2.05, 4.69) is 20.5 Å². The molecule has 2 N–H and O–H groups in total. The lowest BCUT2D eigenvalue weighted by molar-refractivity contribution is -0.139. The normalized spacial score (nSPS) is 16.0. The number of hydrogen-bond donors (Lipinski definition) is 2. The van der Waals surface area contributed by atoms with Crippen molar-refractivity contribution in [3.63, 3.8) is 0 Å². The van der Waals surface area contributed by atoms with Crippen molar-refractivity contribution in [2.75, 3.05) is 26.2 Å². The molecule has 23 heavy (non-hydrogen) atoms. The number of rotatable bonds is 6. The van der Waals surface area contributed by atoms with Crippen LogP contribution in [0.3, 0.4) is 0 Å². The number of likely N-dealkylation sites (tertiary alicyclic amines) is 1. The molecule has 1 aromatic rings. The molecule has 6 heteroatoms. The standard InChI is InChI=1S/C17H26N4O2/c1-2-8-19-16(22)17(23)20-12-14-6-10-21(11-7-14)13-15-5-3-4-9-18-15/h3-5,9,14H,2,6-8,10-13H2,1H3,(H,19,22)(H,20,23). The molecule has 2 rings (SSSR count). The van der Waals surface area contributed by atoms with Crippen molar-refractivity contribution in [1.29, 1.82) is 0 Å². The van der Waals surface area contributed by atoms with Gasteiger partial charge in [0, 0.05) is 25.8 Å². The van der Waals surface area contributed by atoms with E-state index < -0.39 is 11.8 Å². The Labute approximate surface area is 137 Å². The molecule has 0 saturated carbocycles. The van der Waals surface area contributed by atoms with Crippen LogP contribution in [0.1, 0.15) is 31.9 Å². The van der Waals surface area contributed by atoms with Crippen molar-refractivity contribution in [3.05, 3.63) is 30.1 Å². The highest BCUT2D eigenvalue weighted by atomic mass is 16.2. The number of pyridine rings is 1. The average molecular weight is 318 g/mol. The van der Waals surface area contributed by atoms with Gasteiger partial charge in [0.05, 0.1) is 5.69 Å². The lowest BCUT2D eigenvalue weighted by atomic mass is 9.96. The Morgan fingerprint density at radius 3 is 2.61 bits per heavy atom. The summed E-state index contributed by atoms with van der Waals surface area (Å²) in [5.41, 5.74) is 1.09. The molecule has 1 saturated heterocycles. The first kappa shape index (κ1) is 17.4. The number of hydrogen-bond acceptors (Lipinski definition) is 4. The van der Waals surface area contributed by atoms with E-state index in [0.717, 1.165) is 44.6 Å². The van der Waals surface area contributed by atoms with Gasteiger partial charge in [-0.15, -0.1) is 0 Å². The molecule has 0 spiro atoms. The smallest absolute Gasteiger partial charge is 0.309 e. The van der Waals surface area contributed by atoms with Gasteiger partial charge in [-0.25, -0.2) is 0 Å². The van der Waals surface area contributed by atoms with Crippen LogP contribution in [0.2, 0.25) is 0 Å². The number of nitrogens with one attached hydrogen (secondary N) is 2. The Kier molecular flexibility index (Phi) is 7.00. The summed E-state index contributed by atoms with van der Waals surface area (Å²) in [6.07, 6.45) is 4.71. The lowest BCUT2D eigenvalue weighted by Gasteiger charge is -2.31. The van der Waals surface area contributed by atoms with Crippen LogP contribution in [0.25, 0.3) is 0 Å². The Bertz CT molecular complexity index is 499. The zero-order valence-corrected chi connectivity index (χ0v) is 13.8. The van der Waals surface area contributed by atoms with Crippen LogP contribution in [0.4, 0.5) is 0 Å². The van der Waals surface area contributed by atoms with Crippen molar-refractivity contribution in [1.82, 2.24) is 20.5 Å². The van der Waals surface area contributed by atoms with Gasteiger partial charge in [0.25, 0.3) is 0 Å². The maximum atomic E-state index is 11.7. The van der Waals surface area contributed by atoms with E-state index in [1.165, 1.54) is 0 Å². The minimum atomic E-state index is -0.528. The molecule has 1 aromatic heterocycles. The number of piperidine rings is 1. The molecule has 126 valence electrons. The van der Waals surface area contributed by atoms with Crippen LogP contribution in [0.5, 0.6) is 0 Å². The fraction of sp³-hybridized carbons (Fsp3) is 0.588. The molecule has 0 bridgehead atoms. The van der Waals surface area contributed by atoms with Crippen molar-refractivity contribution in [2.24, 2.45) is 5.92 Å². The predicted octanol–water partition coefficient (Wildman–Crippen LogP) is 0.936. The third-order valence-electron chi connectivity index (χ3n) is 4.11. The number of carbonyl (C=O) groups is 2. The van der Waals surface area contributed by atoms with Crippen LogP contribution in [0.15, 0.2) is 24.4 Å². The van der Waals surface area contributed by atoms with Crippen LogP contribution >= 0.6 is 0 Å². The van der Waals surface area contributed by atoms with Gasteiger partial charge in [-0.2, -0.15) is 0 Å². The number of carbonyl (C=O) groups excluding carboxylic acids is 2. The second kappa shape index (κ2) is 9.25. The highest BCUT2D eigenvalue weighted by molar-refractivity contribution is 6.35. The summed E-state index contributed by atoms with van der Waals surface area (Å²) in [6, 6.07) is 5.98. The van der Waals surface area contributed by atoms with E-state index in [-0.39, 0.29) is 0 Å². The Morgan fingerprint density at radius 2 is 1.96 bits per heavy atom. The molecule has 1 fully saturated rings. The maximum absolute atomic E-state index is 11.7. The Morgan fingerprint density at radius 1 is 1.22 bits per heavy atom. The summed E-state index contributed by atoms with van der Waals surface area (Å²) >= 11 is 0. The average Bonchev–Trinajstić information content (AvgIpc) is 2.59. The SMILES string of the molecule is CCCNC(=O)C(=O)NCC1CCN(Cc2ccccn2)CC1. The number of aromatic nitrogens is 1. The summed E-state index contributed by atoms with van der Waals surface area (Å²) in [7, 11) is 0. The molecule has 0 unspecified atom stereocenters. The summed E-state index contributed by atoms with van der Waals surface area (Å²) in [5, 5.41) is 5.33. The molecule has 1 aliphatic heterocycles. The van der Waals surface area contributed by atoms with Gasteiger partial charge >= 0.3 is 11.8 Å². The summed E-state index contributed by atoms with van der Waals surface area (Å²) in [6.45, 7) is 5.95. The summed E-state index contributed by atoms with van der Waals surface area (Å²) in [4.78, 5) is 29.9. The van der Waals surface area contributed by atoms with E-state index >= 15 is 0 Å². The van der Waals surface area contributed by atoms with Gasteiger partial charge in [0.1, 0.15) is 0 Å². The first-order valence-corrected chi connectivity index (χ1v) is 8.37. The predicted molar refractivity (Wildman–Crippen MR) is 88.5 cm³/mol. The van der Waals surface area contributed by atoms with Gasteiger partial charge in [-0.3, -0.25) is 19.5 Å². The highest BCUT2D eigenvalue weighted by Gasteiger charge is 2.21. The van der Waals surface area contributed by atoms with E-state index in [4.69, 9.17) is 0 Å². The van der Waals surface area contributed by atoms with Crippen molar-refractivity contribution >= 4 is 11.8 Å². The van der Waals surface area contributed by atoms with E-state index in [9.17, 15) is 9.59 Å². The minimum absolute atomic E-state index is 0.443. The van der Waals surface area contributed by atoms with Crippen LogP contribution in [0, 0.1) is 5.92 Å². The van der Waals surface area contributed by atoms with Gasteiger partial charge in [-0.1, -0.05) is 13.0 Å². The Hall–Kier alpha value is -1.95. The van der Waals surface area contributed by atoms with E-state index in [0.29, 0.717) is 19.0 Å². The summed E-state index contributed by atoms with van der Waals surface area (Å²) in [5.74, 6) is -0.605. The van der Waals surface area contributed by atoms with Crippen LogP contribution < -0.4 is 10.6 Å². The molecular formula is C17H26N4O2. The van der Waals surface area contributed by atoms with Gasteiger partial charge in [0.2, 0.25) is 0 Å². The maximum Gasteiger partial charge on any atom is 0.309 e. The quantitative estimate of drug-likeness (QED) is 0.766. The van der Waals surface area contributed by atoms with Crippen molar-refractivity contribution < 1.29 is 9.59 Å². The first-order chi connectivity index (χ1) is 11.2. The Balaban J connectivity index is 1.65. The minimum Gasteiger partial charge on any atom is -0.348 e. The highest BCUT2D eigenvalue weighted by Crippen LogP contribution is 2.17. The van der Waals surface area contributed by atoms with Gasteiger partial charge in [0.15, 0.2) is 0 Å². The fourth-order valence-corrected chi connectivity index (χ4v) is 2.71. The summed E-state index contributed by atoms with van der Waals surface area (Å²) < 4.78 is 0. The van der Waals surface area contributed by atoms with Crippen LogP contribution in [-0.4, -0.2) is 47.9 Å². The molecule has 2 amide bonds. The van der Waals surface area contributed by atoms with Crippen molar-refractivity contribution in [2.45, 2.75) is 32.7 Å². The topological polar surface area (TPSA) is 74.3 Å². The first-order valence-electron chi connectivity index (χ1n) is 8.37. The molecule has 1 aliphatic rings. The molecule has 0 radical (unpaired) electrons. The van der Waals surface area contributed by atoms with E-state index in [1.807, 2.05) is 31.3 Å². The largest absolute Gasteiger partial charge is 0.348 e. The molecule has 0 aromatic carbocycles. The number of amides is 2. The molecule has 2 heterocycles. The molecule has 0 aliphatic carbocycles. The zero-order chi connectivity index (χ0) is 16.5. The fourth-order valence-electron chi connectivity index (χ4n) is 2.71. The molecular weight excluding hydrogens is 292 g/mol. The van der Waals surface area contributed by atoms with Gasteiger partial charge < -0.3 is 10.6 Å².